The Hall–Kier alpha value is 0.981. The Labute approximate surface area is 247 Å². The summed E-state index contributed by atoms with van der Waals surface area (Å²) in [5.74, 6) is 0.676. The predicted octanol–water partition coefficient (Wildman–Crippen LogP) is 6.99. The van der Waals surface area contributed by atoms with Crippen LogP contribution < -0.4 is 0 Å². The first-order chi connectivity index (χ1) is 18.0. The normalized spacial score (nSPS) is 25.3. The van der Waals surface area contributed by atoms with Gasteiger partial charge in [-0.25, -0.2) is 0 Å². The minimum Gasteiger partial charge on any atom is -0.437 e. The number of fused-ring (bicyclic) bond motifs is 1. The first-order valence-corrected chi connectivity index (χ1v) is 30.8. The SMILES string of the molecule is CCO[Si](CC[Si](C)(O[Si](C)C)O[Si](C)(CCC1CCC2OC2C1)O[Si](C)(C)O[Si](C)(C)C)(OCC)OCC. The highest BCUT2D eigenvalue weighted by atomic mass is 28.5. The fourth-order valence-corrected chi connectivity index (χ4v) is 32.4. The smallest absolute Gasteiger partial charge is 0.437 e. The van der Waals surface area contributed by atoms with Crippen LogP contribution in [0.5, 0.6) is 0 Å². The number of hydrogen-bond acceptors (Lipinski definition) is 8. The molecular formula is C25H59O8Si6. The molecule has 1 aliphatic carbocycles. The van der Waals surface area contributed by atoms with Crippen molar-refractivity contribution in [2.75, 3.05) is 19.8 Å². The highest BCUT2D eigenvalue weighted by Gasteiger charge is 2.51. The van der Waals surface area contributed by atoms with Crippen LogP contribution in [0.3, 0.4) is 0 Å². The Morgan fingerprint density at radius 2 is 1.28 bits per heavy atom. The molecule has 39 heavy (non-hydrogen) atoms. The largest absolute Gasteiger partial charge is 0.500 e. The van der Waals surface area contributed by atoms with Crippen molar-refractivity contribution < 1.29 is 34.5 Å². The van der Waals surface area contributed by atoms with Gasteiger partial charge in [0, 0.05) is 25.9 Å². The van der Waals surface area contributed by atoms with E-state index < -0.39 is 51.8 Å². The highest BCUT2D eigenvalue weighted by molar-refractivity contribution is 6.90. The van der Waals surface area contributed by atoms with Gasteiger partial charge in [0.2, 0.25) is 0 Å². The molecule has 0 N–H and O–H groups in total. The second-order valence-corrected chi connectivity index (χ2v) is 33.4. The average molecular weight is 656 g/mol. The molecule has 0 spiro atoms. The third-order valence-electron chi connectivity index (χ3n) is 6.96. The fourth-order valence-electron chi connectivity index (χ4n) is 6.01. The summed E-state index contributed by atoms with van der Waals surface area (Å²) in [6, 6.07) is 2.41. The molecule has 0 amide bonds. The summed E-state index contributed by atoms with van der Waals surface area (Å²) in [5, 5.41) is 0. The van der Waals surface area contributed by atoms with Crippen LogP contribution in [0.4, 0.5) is 0 Å². The number of hydrogen-bond donors (Lipinski definition) is 0. The van der Waals surface area contributed by atoms with Crippen molar-refractivity contribution in [1.29, 1.82) is 0 Å². The third kappa shape index (κ3) is 13.0. The molecule has 14 heteroatoms. The van der Waals surface area contributed by atoms with Crippen molar-refractivity contribution in [3.05, 3.63) is 0 Å². The van der Waals surface area contributed by atoms with Crippen LogP contribution in [0.25, 0.3) is 0 Å². The van der Waals surface area contributed by atoms with Gasteiger partial charge in [-0.3, -0.25) is 0 Å². The Morgan fingerprint density at radius 3 is 1.77 bits per heavy atom. The first-order valence-electron chi connectivity index (χ1n) is 15.1. The van der Waals surface area contributed by atoms with Crippen molar-refractivity contribution in [1.82, 2.24) is 0 Å². The summed E-state index contributed by atoms with van der Waals surface area (Å²) >= 11 is 0. The summed E-state index contributed by atoms with van der Waals surface area (Å²) < 4.78 is 52.2. The molecule has 1 aliphatic heterocycles. The van der Waals surface area contributed by atoms with E-state index in [4.69, 9.17) is 34.5 Å². The molecule has 1 heterocycles. The average Bonchev–Trinajstić information content (AvgIpc) is 3.53. The quantitative estimate of drug-likeness (QED) is 0.103. The standard InChI is InChI=1S/C25H59O8Si6/c1-13-26-39(27-14-2,28-15-3)21-20-37(11,30-34(4)5)33-38(12,32-36(9,10)31-35(6,7)8)19-18-23-16-17-24-25(22-23)29-24/h23-25H,13-22H2,1-12H3. The van der Waals surface area contributed by atoms with Gasteiger partial charge in [-0.2, -0.15) is 0 Å². The van der Waals surface area contributed by atoms with Crippen LogP contribution in [-0.2, 0) is 34.5 Å². The Kier molecular flexibility index (Phi) is 14.0. The van der Waals surface area contributed by atoms with E-state index in [0.29, 0.717) is 44.0 Å². The molecule has 231 valence electrons. The molecule has 8 nitrogen and oxygen atoms in total. The third-order valence-corrected chi connectivity index (χ3v) is 27.8. The molecule has 5 atom stereocenters. The van der Waals surface area contributed by atoms with Gasteiger partial charge >= 0.3 is 34.5 Å². The maximum atomic E-state index is 7.30. The minimum atomic E-state index is -2.82. The van der Waals surface area contributed by atoms with E-state index in [2.05, 4.69) is 58.9 Å². The van der Waals surface area contributed by atoms with Crippen molar-refractivity contribution in [2.45, 2.75) is 136 Å². The zero-order valence-corrected chi connectivity index (χ0v) is 33.1. The molecule has 1 saturated heterocycles. The van der Waals surface area contributed by atoms with E-state index in [0.717, 1.165) is 18.5 Å². The molecular weight excluding hydrogens is 597 g/mol. The topological polar surface area (TPSA) is 77.1 Å². The van der Waals surface area contributed by atoms with Crippen LogP contribution in [0.15, 0.2) is 0 Å². The van der Waals surface area contributed by atoms with Gasteiger partial charge in [-0.1, -0.05) is 0 Å². The zero-order valence-electron chi connectivity index (χ0n) is 27.1. The van der Waals surface area contributed by atoms with Crippen molar-refractivity contribution >= 4 is 51.8 Å². The maximum Gasteiger partial charge on any atom is 0.500 e. The van der Waals surface area contributed by atoms with E-state index in [1.54, 1.807) is 0 Å². The van der Waals surface area contributed by atoms with Crippen LogP contribution >= 0.6 is 0 Å². The van der Waals surface area contributed by atoms with Crippen LogP contribution in [0, 0.1) is 5.92 Å². The molecule has 2 rings (SSSR count). The molecule has 5 unspecified atom stereocenters. The van der Waals surface area contributed by atoms with Gasteiger partial charge in [0.15, 0.2) is 17.4 Å². The van der Waals surface area contributed by atoms with Gasteiger partial charge in [-0.15, -0.1) is 0 Å². The van der Waals surface area contributed by atoms with E-state index in [1.165, 1.54) is 19.3 Å². The highest BCUT2D eigenvalue weighted by Crippen LogP contribution is 2.42. The molecule has 0 aromatic heterocycles. The van der Waals surface area contributed by atoms with E-state index >= 15 is 0 Å². The lowest BCUT2D eigenvalue weighted by atomic mass is 9.88. The van der Waals surface area contributed by atoms with Crippen LogP contribution in [-0.4, -0.2) is 83.9 Å². The summed E-state index contributed by atoms with van der Waals surface area (Å²) in [7, 11) is -13.4. The molecule has 0 aromatic rings. The van der Waals surface area contributed by atoms with Crippen molar-refractivity contribution in [2.24, 2.45) is 5.92 Å². The maximum absolute atomic E-state index is 7.30. The lowest BCUT2D eigenvalue weighted by Crippen LogP contribution is -2.60. The minimum absolute atomic E-state index is 0.488. The number of epoxide rings is 1. The zero-order chi connectivity index (χ0) is 29.5. The first kappa shape index (κ1) is 36.2. The Balaban J connectivity index is 2.28. The Bertz CT molecular complexity index is 725. The van der Waals surface area contributed by atoms with Crippen molar-refractivity contribution in [3.63, 3.8) is 0 Å². The second-order valence-electron chi connectivity index (χ2n) is 13.0. The van der Waals surface area contributed by atoms with E-state index in [1.807, 2.05) is 20.8 Å². The van der Waals surface area contributed by atoms with E-state index in [-0.39, 0.29) is 0 Å². The summed E-state index contributed by atoms with van der Waals surface area (Å²) in [6.07, 6.45) is 5.74. The summed E-state index contributed by atoms with van der Waals surface area (Å²) in [6.45, 7) is 27.7. The molecule has 0 bridgehead atoms. The molecule has 1 radical (unpaired) electrons. The van der Waals surface area contributed by atoms with Gasteiger partial charge < -0.3 is 34.5 Å². The monoisotopic (exact) mass is 655 g/mol. The van der Waals surface area contributed by atoms with Gasteiger partial charge in [0.1, 0.15) is 0 Å². The Morgan fingerprint density at radius 1 is 0.692 bits per heavy atom. The summed E-state index contributed by atoms with van der Waals surface area (Å²) in [4.78, 5) is 0. The van der Waals surface area contributed by atoms with Crippen molar-refractivity contribution in [3.8, 4) is 0 Å². The van der Waals surface area contributed by atoms with Gasteiger partial charge in [0.05, 0.1) is 12.2 Å². The number of rotatable bonds is 20. The predicted molar refractivity (Wildman–Crippen MR) is 172 cm³/mol. The van der Waals surface area contributed by atoms with Gasteiger partial charge in [0.25, 0.3) is 0 Å². The molecule has 2 aliphatic rings. The molecule has 2 fully saturated rings. The fraction of sp³-hybridized carbons (Fsp3) is 1.00. The van der Waals surface area contributed by atoms with E-state index in [9.17, 15) is 0 Å². The van der Waals surface area contributed by atoms with Crippen LogP contribution in [0.2, 0.25) is 77.1 Å². The van der Waals surface area contributed by atoms with Gasteiger partial charge in [-0.05, 0) is 123 Å². The lowest BCUT2D eigenvalue weighted by Gasteiger charge is -2.44. The van der Waals surface area contributed by atoms with Crippen LogP contribution in [0.1, 0.15) is 46.5 Å². The second kappa shape index (κ2) is 15.1. The summed E-state index contributed by atoms with van der Waals surface area (Å²) in [5.41, 5.74) is 0. The number of ether oxygens (including phenoxy) is 1. The molecule has 0 aromatic carbocycles. The molecule has 1 saturated carbocycles. The lowest BCUT2D eigenvalue weighted by molar-refractivity contribution is 0.0719.